The van der Waals surface area contributed by atoms with Crippen molar-refractivity contribution in [1.82, 2.24) is 5.32 Å². The Kier molecular flexibility index (Phi) is 10.7. The normalized spacial score (nSPS) is 13.1. The van der Waals surface area contributed by atoms with Gasteiger partial charge in [0.1, 0.15) is 0 Å². The fraction of sp³-hybridized carbons (Fsp3) is 0.929. The minimum Gasteiger partial charge on any atom is -0.352 e. The van der Waals surface area contributed by atoms with Gasteiger partial charge in [-0.2, -0.15) is 0 Å². The lowest BCUT2D eigenvalue weighted by Gasteiger charge is -2.20. The second-order valence-corrected chi connectivity index (χ2v) is 6.54. The highest BCUT2D eigenvalue weighted by atomic mass is 35.5. The van der Waals surface area contributed by atoms with Crippen LogP contribution in [0.4, 0.5) is 0 Å². The maximum absolute atomic E-state index is 11.7. The van der Waals surface area contributed by atoms with Gasteiger partial charge >= 0.3 is 0 Å². The molecule has 0 aliphatic rings. The zero-order valence-corrected chi connectivity index (χ0v) is 13.4. The molecule has 0 saturated carbocycles. The largest absolute Gasteiger partial charge is 0.352 e. The molecule has 0 aromatic heterocycles. The molecule has 0 aromatic carbocycles. The van der Waals surface area contributed by atoms with E-state index in [9.17, 15) is 4.79 Å². The van der Waals surface area contributed by atoms with Crippen LogP contribution in [0.3, 0.4) is 0 Å². The second kappa shape index (κ2) is 9.62. The molecule has 0 heterocycles. The van der Waals surface area contributed by atoms with Crippen LogP contribution in [0, 0.1) is 11.3 Å². The molecule has 1 unspecified atom stereocenters. The topological polar surface area (TPSA) is 55.1 Å². The van der Waals surface area contributed by atoms with E-state index in [2.05, 4.69) is 39.9 Å². The number of nitrogens with one attached hydrogen (secondary N) is 1. The second-order valence-electron chi connectivity index (χ2n) is 6.54. The molecule has 110 valence electrons. The highest BCUT2D eigenvalue weighted by molar-refractivity contribution is 5.85. The van der Waals surface area contributed by atoms with Crippen LogP contribution < -0.4 is 11.1 Å². The third kappa shape index (κ3) is 12.2. The first kappa shape index (κ1) is 20.0. The fourth-order valence-corrected chi connectivity index (χ4v) is 1.86. The number of amides is 1. The number of carbonyl (C=O) groups excluding carboxylic acids is 1. The van der Waals surface area contributed by atoms with E-state index in [1.54, 1.807) is 0 Å². The number of nitrogens with two attached hydrogens (primary N) is 1. The number of carbonyl (C=O) groups is 1. The molecular weight excluding hydrogens is 248 g/mol. The molecule has 0 rings (SSSR count). The first-order valence-corrected chi connectivity index (χ1v) is 6.74. The van der Waals surface area contributed by atoms with Gasteiger partial charge in [0.2, 0.25) is 5.91 Å². The summed E-state index contributed by atoms with van der Waals surface area (Å²) < 4.78 is 0. The van der Waals surface area contributed by atoms with E-state index in [0.717, 1.165) is 19.3 Å². The Hall–Kier alpha value is -0.280. The van der Waals surface area contributed by atoms with Crippen molar-refractivity contribution in [2.75, 3.05) is 6.54 Å². The molecule has 0 saturated heterocycles. The zero-order valence-electron chi connectivity index (χ0n) is 12.6. The lowest BCUT2D eigenvalue weighted by Crippen LogP contribution is -2.41. The summed E-state index contributed by atoms with van der Waals surface area (Å²) in [5.41, 5.74) is 5.96. The van der Waals surface area contributed by atoms with Crippen LogP contribution in [-0.4, -0.2) is 18.5 Å². The Morgan fingerprint density at radius 1 is 1.28 bits per heavy atom. The third-order valence-electron chi connectivity index (χ3n) is 2.74. The molecule has 0 aromatic rings. The van der Waals surface area contributed by atoms with Crippen molar-refractivity contribution < 1.29 is 4.79 Å². The SMILES string of the molecule is CC(C)CC(CN)NC(=O)CCCC(C)(C)C.Cl. The van der Waals surface area contributed by atoms with Gasteiger partial charge in [-0.1, -0.05) is 34.6 Å². The van der Waals surface area contributed by atoms with Gasteiger partial charge < -0.3 is 11.1 Å². The molecule has 0 fully saturated rings. The summed E-state index contributed by atoms with van der Waals surface area (Å²) in [6, 6.07) is 0.136. The lowest BCUT2D eigenvalue weighted by atomic mass is 9.90. The van der Waals surface area contributed by atoms with E-state index in [1.807, 2.05) is 0 Å². The summed E-state index contributed by atoms with van der Waals surface area (Å²) in [6.45, 7) is 11.4. The molecule has 0 aliphatic heterocycles. The Bertz CT molecular complexity index is 224. The van der Waals surface area contributed by atoms with Crippen molar-refractivity contribution in [3.8, 4) is 0 Å². The standard InChI is InChI=1S/C14H30N2O.ClH/c1-11(2)9-12(10-15)16-13(17)7-6-8-14(3,4)5;/h11-12H,6-10,15H2,1-5H3,(H,16,17);1H. The van der Waals surface area contributed by atoms with Gasteiger partial charge in [0.25, 0.3) is 0 Å². The van der Waals surface area contributed by atoms with Crippen molar-refractivity contribution >= 4 is 18.3 Å². The average Bonchev–Trinajstić information content (AvgIpc) is 2.13. The summed E-state index contributed by atoms with van der Waals surface area (Å²) in [5.74, 6) is 0.712. The first-order valence-electron chi connectivity index (χ1n) is 6.74. The molecule has 0 aliphatic carbocycles. The van der Waals surface area contributed by atoms with Crippen molar-refractivity contribution in [3.05, 3.63) is 0 Å². The maximum atomic E-state index is 11.7. The Labute approximate surface area is 119 Å². The molecule has 0 bridgehead atoms. The molecular formula is C14H31ClN2O. The molecule has 4 heteroatoms. The predicted octanol–water partition coefficient (Wildman–Crippen LogP) is 3.11. The fourth-order valence-electron chi connectivity index (χ4n) is 1.86. The van der Waals surface area contributed by atoms with Crippen molar-refractivity contribution in [1.29, 1.82) is 0 Å². The van der Waals surface area contributed by atoms with Gasteiger partial charge in [0.15, 0.2) is 0 Å². The van der Waals surface area contributed by atoms with Gasteiger partial charge in [-0.05, 0) is 30.6 Å². The average molecular weight is 279 g/mol. The summed E-state index contributed by atoms with van der Waals surface area (Å²) in [4.78, 5) is 11.7. The van der Waals surface area contributed by atoms with Crippen LogP contribution in [-0.2, 0) is 4.79 Å². The van der Waals surface area contributed by atoms with Crippen LogP contribution in [0.25, 0.3) is 0 Å². The van der Waals surface area contributed by atoms with Gasteiger partial charge in [-0.3, -0.25) is 4.79 Å². The third-order valence-corrected chi connectivity index (χ3v) is 2.74. The Morgan fingerprint density at radius 2 is 1.83 bits per heavy atom. The molecule has 3 N–H and O–H groups in total. The summed E-state index contributed by atoms with van der Waals surface area (Å²) in [6.07, 6.45) is 3.61. The lowest BCUT2D eigenvalue weighted by molar-refractivity contribution is -0.122. The molecule has 0 radical (unpaired) electrons. The van der Waals surface area contributed by atoms with E-state index >= 15 is 0 Å². The Morgan fingerprint density at radius 3 is 2.22 bits per heavy atom. The molecule has 0 spiro atoms. The highest BCUT2D eigenvalue weighted by Crippen LogP contribution is 2.21. The van der Waals surface area contributed by atoms with Crippen LogP contribution in [0.15, 0.2) is 0 Å². The molecule has 1 atom stereocenters. The van der Waals surface area contributed by atoms with Gasteiger partial charge in [0, 0.05) is 19.0 Å². The van der Waals surface area contributed by atoms with Crippen molar-refractivity contribution in [2.24, 2.45) is 17.1 Å². The monoisotopic (exact) mass is 278 g/mol. The first-order chi connectivity index (χ1) is 7.74. The van der Waals surface area contributed by atoms with Crippen LogP contribution in [0.1, 0.15) is 60.3 Å². The zero-order chi connectivity index (χ0) is 13.5. The summed E-state index contributed by atoms with van der Waals surface area (Å²) >= 11 is 0. The molecule has 1 amide bonds. The van der Waals surface area contributed by atoms with E-state index < -0.39 is 0 Å². The number of hydrogen-bond donors (Lipinski definition) is 2. The Balaban J connectivity index is 0. The van der Waals surface area contributed by atoms with Gasteiger partial charge in [-0.15, -0.1) is 12.4 Å². The van der Waals surface area contributed by atoms with E-state index in [0.29, 0.717) is 24.3 Å². The minimum absolute atomic E-state index is 0. The van der Waals surface area contributed by atoms with Crippen LogP contribution in [0.2, 0.25) is 0 Å². The highest BCUT2D eigenvalue weighted by Gasteiger charge is 2.14. The quantitative estimate of drug-likeness (QED) is 0.752. The van der Waals surface area contributed by atoms with Gasteiger partial charge in [-0.25, -0.2) is 0 Å². The number of halogens is 1. The molecule has 18 heavy (non-hydrogen) atoms. The van der Waals surface area contributed by atoms with E-state index in [-0.39, 0.29) is 24.4 Å². The smallest absolute Gasteiger partial charge is 0.220 e. The number of rotatable bonds is 7. The summed E-state index contributed by atoms with van der Waals surface area (Å²) in [7, 11) is 0. The van der Waals surface area contributed by atoms with Crippen LogP contribution in [0.5, 0.6) is 0 Å². The van der Waals surface area contributed by atoms with Crippen LogP contribution >= 0.6 is 12.4 Å². The number of hydrogen-bond acceptors (Lipinski definition) is 2. The minimum atomic E-state index is 0. The maximum Gasteiger partial charge on any atom is 0.220 e. The van der Waals surface area contributed by atoms with Crippen molar-refractivity contribution in [3.63, 3.8) is 0 Å². The predicted molar refractivity (Wildman–Crippen MR) is 81.0 cm³/mol. The van der Waals surface area contributed by atoms with Gasteiger partial charge in [0.05, 0.1) is 0 Å². The molecule has 3 nitrogen and oxygen atoms in total. The summed E-state index contributed by atoms with van der Waals surface area (Å²) in [5, 5.41) is 3.02. The van der Waals surface area contributed by atoms with E-state index in [4.69, 9.17) is 5.73 Å². The van der Waals surface area contributed by atoms with Crippen molar-refractivity contribution in [2.45, 2.75) is 66.3 Å². The van der Waals surface area contributed by atoms with E-state index in [1.165, 1.54) is 0 Å².